The first kappa shape index (κ1) is 18.2. The topological polar surface area (TPSA) is 24.9 Å². The average molecular weight is 320 g/mol. The molecule has 130 valence electrons. The zero-order chi connectivity index (χ0) is 16.9. The van der Waals surface area contributed by atoms with Crippen molar-refractivity contribution in [3.63, 3.8) is 0 Å². The molecule has 0 N–H and O–H groups in total. The van der Waals surface area contributed by atoms with Gasteiger partial charge >= 0.3 is 0 Å². The minimum Gasteiger partial charge on any atom is -0.492 e. The van der Waals surface area contributed by atoms with Gasteiger partial charge in [-0.25, -0.2) is 0 Å². The highest BCUT2D eigenvalue weighted by molar-refractivity contribution is 5.33. The molecular formula is C19H32N2O2. The average Bonchev–Trinajstić information content (AvgIpc) is 2.47. The van der Waals surface area contributed by atoms with Gasteiger partial charge in [0.15, 0.2) is 0 Å². The number of hydrogen-bond acceptors (Lipinski definition) is 4. The van der Waals surface area contributed by atoms with E-state index in [-0.39, 0.29) is 5.60 Å². The summed E-state index contributed by atoms with van der Waals surface area (Å²) in [5.41, 5.74) is 1.25. The molecule has 1 aromatic rings. The van der Waals surface area contributed by atoms with E-state index in [0.29, 0.717) is 6.04 Å². The van der Waals surface area contributed by atoms with Crippen LogP contribution in [0.5, 0.6) is 5.75 Å². The van der Waals surface area contributed by atoms with Gasteiger partial charge in [0.2, 0.25) is 0 Å². The Morgan fingerprint density at radius 1 is 1.22 bits per heavy atom. The molecule has 1 fully saturated rings. The number of nitrogens with zero attached hydrogens (tertiary/aromatic N) is 2. The third kappa shape index (κ3) is 5.79. The standard InChI is InChI=1S/C19H32N2O2/c1-19(2)14-17(10-12-23-19)21(5)15-16-8-6-7-9-18(16)22-13-11-20(3)4/h6-9,17H,10-15H2,1-5H3/t17-/m1/s1. The summed E-state index contributed by atoms with van der Waals surface area (Å²) >= 11 is 0. The third-order valence-corrected chi connectivity index (χ3v) is 4.48. The zero-order valence-corrected chi connectivity index (χ0v) is 15.3. The number of ether oxygens (including phenoxy) is 2. The lowest BCUT2D eigenvalue weighted by Crippen LogP contribution is -2.44. The highest BCUT2D eigenvalue weighted by Gasteiger charge is 2.31. The van der Waals surface area contributed by atoms with E-state index in [0.717, 1.165) is 44.9 Å². The fraction of sp³-hybridized carbons (Fsp3) is 0.684. The smallest absolute Gasteiger partial charge is 0.123 e. The van der Waals surface area contributed by atoms with Gasteiger partial charge in [-0.3, -0.25) is 4.90 Å². The van der Waals surface area contributed by atoms with Gasteiger partial charge < -0.3 is 14.4 Å². The Morgan fingerprint density at radius 3 is 2.65 bits per heavy atom. The van der Waals surface area contributed by atoms with Crippen LogP contribution >= 0.6 is 0 Å². The van der Waals surface area contributed by atoms with Gasteiger partial charge in [-0.05, 0) is 53.9 Å². The Kier molecular flexibility index (Phi) is 6.45. The van der Waals surface area contributed by atoms with Crippen molar-refractivity contribution in [2.45, 2.75) is 44.9 Å². The molecule has 1 aromatic carbocycles. The summed E-state index contributed by atoms with van der Waals surface area (Å²) in [6.45, 7) is 7.79. The molecule has 2 rings (SSSR count). The molecule has 4 heteroatoms. The third-order valence-electron chi connectivity index (χ3n) is 4.48. The first-order valence-electron chi connectivity index (χ1n) is 8.57. The van der Waals surface area contributed by atoms with E-state index < -0.39 is 0 Å². The first-order chi connectivity index (χ1) is 10.9. The number of likely N-dealkylation sites (N-methyl/N-ethyl adjacent to an activating group) is 1. The van der Waals surface area contributed by atoms with E-state index in [1.165, 1.54) is 5.56 Å². The summed E-state index contributed by atoms with van der Waals surface area (Å²) in [5, 5.41) is 0. The van der Waals surface area contributed by atoms with Crippen molar-refractivity contribution >= 4 is 0 Å². The van der Waals surface area contributed by atoms with Gasteiger partial charge in [0, 0.05) is 31.3 Å². The van der Waals surface area contributed by atoms with Crippen LogP contribution in [-0.2, 0) is 11.3 Å². The predicted molar refractivity (Wildman–Crippen MR) is 95.0 cm³/mol. The van der Waals surface area contributed by atoms with E-state index in [4.69, 9.17) is 9.47 Å². The Balaban J connectivity index is 1.96. The Hall–Kier alpha value is -1.10. The quantitative estimate of drug-likeness (QED) is 0.771. The van der Waals surface area contributed by atoms with Crippen molar-refractivity contribution < 1.29 is 9.47 Å². The molecule has 1 aliphatic heterocycles. The van der Waals surface area contributed by atoms with Crippen LogP contribution in [0.2, 0.25) is 0 Å². The molecule has 0 radical (unpaired) electrons. The molecule has 0 saturated carbocycles. The van der Waals surface area contributed by atoms with E-state index in [9.17, 15) is 0 Å². The van der Waals surface area contributed by atoms with Gasteiger partial charge in [-0.2, -0.15) is 0 Å². The van der Waals surface area contributed by atoms with Crippen molar-refractivity contribution in [3.05, 3.63) is 29.8 Å². The summed E-state index contributed by atoms with van der Waals surface area (Å²) < 4.78 is 11.8. The van der Waals surface area contributed by atoms with Crippen molar-refractivity contribution in [1.29, 1.82) is 0 Å². The van der Waals surface area contributed by atoms with Crippen LogP contribution in [0.4, 0.5) is 0 Å². The van der Waals surface area contributed by atoms with E-state index in [1.807, 2.05) is 6.07 Å². The van der Waals surface area contributed by atoms with Crippen molar-refractivity contribution in [1.82, 2.24) is 9.80 Å². The van der Waals surface area contributed by atoms with Crippen LogP contribution in [0.3, 0.4) is 0 Å². The van der Waals surface area contributed by atoms with Crippen molar-refractivity contribution in [2.24, 2.45) is 0 Å². The fourth-order valence-electron chi connectivity index (χ4n) is 3.09. The Morgan fingerprint density at radius 2 is 1.96 bits per heavy atom. The first-order valence-corrected chi connectivity index (χ1v) is 8.57. The van der Waals surface area contributed by atoms with Gasteiger partial charge in [0.25, 0.3) is 0 Å². The zero-order valence-electron chi connectivity index (χ0n) is 15.3. The van der Waals surface area contributed by atoms with Crippen LogP contribution in [0.25, 0.3) is 0 Å². The van der Waals surface area contributed by atoms with Crippen molar-refractivity contribution in [2.75, 3.05) is 40.9 Å². The number of hydrogen-bond donors (Lipinski definition) is 0. The summed E-state index contributed by atoms with van der Waals surface area (Å²) in [4.78, 5) is 4.58. The molecule has 1 saturated heterocycles. The molecular weight excluding hydrogens is 288 g/mol. The lowest BCUT2D eigenvalue weighted by molar-refractivity contribution is -0.0810. The maximum Gasteiger partial charge on any atom is 0.123 e. The minimum absolute atomic E-state index is 0.0150. The fourth-order valence-corrected chi connectivity index (χ4v) is 3.09. The molecule has 1 aliphatic rings. The molecule has 1 heterocycles. The molecule has 23 heavy (non-hydrogen) atoms. The highest BCUT2D eigenvalue weighted by atomic mass is 16.5. The summed E-state index contributed by atoms with van der Waals surface area (Å²) in [6, 6.07) is 8.95. The van der Waals surface area contributed by atoms with Crippen LogP contribution < -0.4 is 4.74 Å². The molecule has 1 atom stereocenters. The van der Waals surface area contributed by atoms with E-state index >= 15 is 0 Å². The molecule has 0 bridgehead atoms. The van der Waals surface area contributed by atoms with Crippen LogP contribution in [-0.4, -0.2) is 62.3 Å². The van der Waals surface area contributed by atoms with Crippen LogP contribution in [0.15, 0.2) is 24.3 Å². The number of benzene rings is 1. The maximum absolute atomic E-state index is 5.98. The predicted octanol–water partition coefficient (Wildman–Crippen LogP) is 3.02. The summed E-state index contributed by atoms with van der Waals surface area (Å²) in [7, 11) is 6.34. The SMILES string of the molecule is CN(C)CCOc1ccccc1CN(C)[C@@H]1CCOC(C)(C)C1. The van der Waals surface area contributed by atoms with Gasteiger partial charge in [0.05, 0.1) is 5.60 Å². The Labute approximate surface area is 141 Å². The molecule has 0 aromatic heterocycles. The van der Waals surface area contributed by atoms with E-state index in [1.54, 1.807) is 0 Å². The molecule has 4 nitrogen and oxygen atoms in total. The summed E-state index contributed by atoms with van der Waals surface area (Å²) in [5.74, 6) is 1.01. The lowest BCUT2D eigenvalue weighted by atomic mass is 9.93. The van der Waals surface area contributed by atoms with Crippen LogP contribution in [0.1, 0.15) is 32.3 Å². The highest BCUT2D eigenvalue weighted by Crippen LogP contribution is 2.28. The van der Waals surface area contributed by atoms with Crippen LogP contribution in [0, 0.1) is 0 Å². The largest absolute Gasteiger partial charge is 0.492 e. The van der Waals surface area contributed by atoms with Gasteiger partial charge in [-0.15, -0.1) is 0 Å². The molecule has 0 aliphatic carbocycles. The molecule has 0 spiro atoms. The van der Waals surface area contributed by atoms with Crippen molar-refractivity contribution in [3.8, 4) is 5.75 Å². The number of para-hydroxylation sites is 1. The molecule has 0 amide bonds. The monoisotopic (exact) mass is 320 g/mol. The second-order valence-electron chi connectivity index (χ2n) is 7.43. The number of rotatable bonds is 7. The summed E-state index contributed by atoms with van der Waals surface area (Å²) in [6.07, 6.45) is 2.18. The normalized spacial score (nSPS) is 20.9. The van der Waals surface area contributed by atoms with E-state index in [2.05, 4.69) is 63.0 Å². The van der Waals surface area contributed by atoms with Gasteiger partial charge in [0.1, 0.15) is 12.4 Å². The second-order valence-corrected chi connectivity index (χ2v) is 7.43. The lowest BCUT2D eigenvalue weighted by Gasteiger charge is -2.40. The molecule has 0 unspecified atom stereocenters. The minimum atomic E-state index is -0.0150. The van der Waals surface area contributed by atoms with Gasteiger partial charge in [-0.1, -0.05) is 18.2 Å². The second kappa shape index (κ2) is 8.13. The Bertz CT molecular complexity index is 488. The maximum atomic E-state index is 5.98.